The van der Waals surface area contributed by atoms with E-state index in [2.05, 4.69) is 21.9 Å². The second-order valence-corrected chi connectivity index (χ2v) is 6.71. The van der Waals surface area contributed by atoms with E-state index < -0.39 is 0 Å². The Morgan fingerprint density at radius 1 is 1.23 bits per heavy atom. The molecule has 1 fully saturated rings. The first kappa shape index (κ1) is 15.1. The van der Waals surface area contributed by atoms with Crippen LogP contribution >= 0.6 is 11.3 Å². The number of carbonyl (C=O) groups excluding carboxylic acids is 1. The minimum Gasteiger partial charge on any atom is -0.340 e. The second-order valence-electron chi connectivity index (χ2n) is 5.62. The van der Waals surface area contributed by atoms with Crippen LogP contribution in [0.2, 0.25) is 0 Å². The second kappa shape index (κ2) is 6.54. The number of carbonyl (C=O) groups is 1. The Balaban J connectivity index is 1.70. The van der Waals surface area contributed by atoms with Crippen LogP contribution in [0.1, 0.15) is 10.6 Å². The number of amides is 1. The summed E-state index contributed by atoms with van der Waals surface area (Å²) in [5, 5.41) is 0.959. The van der Waals surface area contributed by atoms with Gasteiger partial charge in [0.1, 0.15) is 5.01 Å². The Morgan fingerprint density at radius 2 is 1.91 bits per heavy atom. The Kier molecular flexibility index (Phi) is 4.49. The van der Waals surface area contributed by atoms with Crippen molar-refractivity contribution in [2.45, 2.75) is 13.3 Å². The number of aromatic nitrogens is 2. The molecule has 0 N–H and O–H groups in total. The zero-order chi connectivity index (χ0) is 15.5. The van der Waals surface area contributed by atoms with Crippen molar-refractivity contribution in [2.24, 2.45) is 0 Å². The summed E-state index contributed by atoms with van der Waals surface area (Å²) in [5.41, 5.74) is 2.01. The van der Waals surface area contributed by atoms with E-state index in [-0.39, 0.29) is 5.91 Å². The van der Waals surface area contributed by atoms with Crippen LogP contribution in [0.3, 0.4) is 0 Å². The van der Waals surface area contributed by atoms with Gasteiger partial charge in [-0.25, -0.2) is 4.98 Å². The van der Waals surface area contributed by atoms with Crippen LogP contribution in [0.4, 0.5) is 0 Å². The van der Waals surface area contributed by atoms with Gasteiger partial charge < -0.3 is 9.80 Å². The minimum atomic E-state index is 0.209. The molecule has 0 spiro atoms. The lowest BCUT2D eigenvalue weighted by atomic mass is 10.2. The summed E-state index contributed by atoms with van der Waals surface area (Å²) in [6.45, 7) is 5.54. The van der Waals surface area contributed by atoms with Crippen LogP contribution in [0.5, 0.6) is 0 Å². The normalized spacial score (nSPS) is 16.0. The van der Waals surface area contributed by atoms with Gasteiger partial charge in [0.05, 0.1) is 12.1 Å². The third-order valence-electron chi connectivity index (χ3n) is 3.99. The van der Waals surface area contributed by atoms with Crippen LogP contribution in [0, 0.1) is 6.92 Å². The molecule has 1 aliphatic heterocycles. The lowest BCUT2D eigenvalue weighted by Gasteiger charge is -2.32. The number of piperazine rings is 1. The third-order valence-corrected chi connectivity index (χ3v) is 5.19. The van der Waals surface area contributed by atoms with E-state index in [1.54, 1.807) is 23.7 Å². The van der Waals surface area contributed by atoms with E-state index in [1.165, 1.54) is 0 Å². The van der Waals surface area contributed by atoms with E-state index in [0.29, 0.717) is 6.42 Å². The number of pyridine rings is 1. The first-order chi connectivity index (χ1) is 10.6. The lowest BCUT2D eigenvalue weighted by molar-refractivity contribution is -0.131. The molecule has 22 heavy (non-hydrogen) atoms. The number of thiazole rings is 1. The molecule has 3 rings (SSSR count). The summed E-state index contributed by atoms with van der Waals surface area (Å²) in [6.07, 6.45) is 3.99. The quantitative estimate of drug-likeness (QED) is 0.867. The van der Waals surface area contributed by atoms with Crippen LogP contribution in [0.25, 0.3) is 10.6 Å². The zero-order valence-corrected chi connectivity index (χ0v) is 13.8. The maximum absolute atomic E-state index is 12.4. The highest BCUT2D eigenvalue weighted by Gasteiger charge is 2.21. The molecule has 0 aromatic carbocycles. The SMILES string of the molecule is Cc1nc(-c2ccncc2)sc1CC(=O)N1CCN(C)CC1. The molecule has 1 saturated heterocycles. The average Bonchev–Trinajstić information content (AvgIpc) is 2.90. The highest BCUT2D eigenvalue weighted by Crippen LogP contribution is 2.28. The van der Waals surface area contributed by atoms with Crippen molar-refractivity contribution in [1.29, 1.82) is 0 Å². The molecule has 5 nitrogen and oxygen atoms in total. The fourth-order valence-corrected chi connectivity index (χ4v) is 3.57. The van der Waals surface area contributed by atoms with E-state index in [1.807, 2.05) is 24.0 Å². The Labute approximate surface area is 134 Å². The number of aryl methyl sites for hydroxylation is 1. The molecule has 1 amide bonds. The van der Waals surface area contributed by atoms with E-state index in [9.17, 15) is 4.79 Å². The predicted molar refractivity (Wildman–Crippen MR) is 87.9 cm³/mol. The molecule has 3 heterocycles. The van der Waals surface area contributed by atoms with Gasteiger partial charge in [0.2, 0.25) is 5.91 Å². The summed E-state index contributed by atoms with van der Waals surface area (Å²) in [6, 6.07) is 3.90. The first-order valence-electron chi connectivity index (χ1n) is 7.46. The van der Waals surface area contributed by atoms with Crippen molar-refractivity contribution in [3.05, 3.63) is 35.1 Å². The third kappa shape index (κ3) is 3.34. The molecular formula is C16H20N4OS. The van der Waals surface area contributed by atoms with Crippen molar-refractivity contribution in [3.8, 4) is 10.6 Å². The summed E-state index contributed by atoms with van der Waals surface area (Å²) in [4.78, 5) is 26.4. The van der Waals surface area contributed by atoms with Gasteiger partial charge in [-0.15, -0.1) is 11.3 Å². The summed E-state index contributed by atoms with van der Waals surface area (Å²) >= 11 is 1.61. The van der Waals surface area contributed by atoms with E-state index in [0.717, 1.165) is 47.3 Å². The molecular weight excluding hydrogens is 296 g/mol. The molecule has 0 saturated carbocycles. The van der Waals surface area contributed by atoms with Gasteiger partial charge in [-0.2, -0.15) is 0 Å². The zero-order valence-electron chi connectivity index (χ0n) is 13.0. The summed E-state index contributed by atoms with van der Waals surface area (Å²) < 4.78 is 0. The molecule has 6 heteroatoms. The fourth-order valence-electron chi connectivity index (χ4n) is 2.52. The number of rotatable bonds is 3. The fraction of sp³-hybridized carbons (Fsp3) is 0.438. The standard InChI is InChI=1S/C16H20N4OS/c1-12-14(11-15(21)20-9-7-19(2)8-10-20)22-16(18-12)13-3-5-17-6-4-13/h3-6H,7-11H2,1-2H3. The van der Waals surface area contributed by atoms with Crippen molar-refractivity contribution >= 4 is 17.2 Å². The maximum Gasteiger partial charge on any atom is 0.227 e. The van der Waals surface area contributed by atoms with Gasteiger partial charge in [-0.3, -0.25) is 9.78 Å². The van der Waals surface area contributed by atoms with Gasteiger partial charge >= 0.3 is 0 Å². The number of nitrogens with zero attached hydrogens (tertiary/aromatic N) is 4. The molecule has 116 valence electrons. The maximum atomic E-state index is 12.4. The van der Waals surface area contributed by atoms with Gasteiger partial charge in [-0.1, -0.05) is 0 Å². The number of hydrogen-bond donors (Lipinski definition) is 0. The Morgan fingerprint density at radius 3 is 2.59 bits per heavy atom. The molecule has 2 aromatic heterocycles. The average molecular weight is 316 g/mol. The van der Waals surface area contributed by atoms with Gasteiger partial charge in [0, 0.05) is 49.0 Å². The molecule has 2 aromatic rings. The van der Waals surface area contributed by atoms with Crippen LogP contribution < -0.4 is 0 Å². The highest BCUT2D eigenvalue weighted by molar-refractivity contribution is 7.15. The van der Waals surface area contributed by atoms with Crippen molar-refractivity contribution in [3.63, 3.8) is 0 Å². The van der Waals surface area contributed by atoms with Gasteiger partial charge in [-0.05, 0) is 26.1 Å². The topological polar surface area (TPSA) is 49.3 Å². The number of likely N-dealkylation sites (N-methyl/N-ethyl adjacent to an activating group) is 1. The van der Waals surface area contributed by atoms with E-state index >= 15 is 0 Å². The lowest BCUT2D eigenvalue weighted by Crippen LogP contribution is -2.47. The monoisotopic (exact) mass is 316 g/mol. The Hall–Kier alpha value is -1.79. The van der Waals surface area contributed by atoms with Crippen LogP contribution in [-0.2, 0) is 11.2 Å². The molecule has 0 radical (unpaired) electrons. The van der Waals surface area contributed by atoms with E-state index in [4.69, 9.17) is 0 Å². The Bertz CT molecular complexity index is 647. The highest BCUT2D eigenvalue weighted by atomic mass is 32.1. The van der Waals surface area contributed by atoms with Gasteiger partial charge in [0.25, 0.3) is 0 Å². The first-order valence-corrected chi connectivity index (χ1v) is 8.28. The van der Waals surface area contributed by atoms with Crippen LogP contribution in [-0.4, -0.2) is 58.9 Å². The largest absolute Gasteiger partial charge is 0.340 e. The van der Waals surface area contributed by atoms with Crippen molar-refractivity contribution < 1.29 is 4.79 Å². The molecule has 0 unspecified atom stereocenters. The van der Waals surface area contributed by atoms with Crippen molar-refractivity contribution in [2.75, 3.05) is 33.2 Å². The van der Waals surface area contributed by atoms with Gasteiger partial charge in [0.15, 0.2) is 0 Å². The number of hydrogen-bond acceptors (Lipinski definition) is 5. The smallest absolute Gasteiger partial charge is 0.227 e. The van der Waals surface area contributed by atoms with Crippen LogP contribution in [0.15, 0.2) is 24.5 Å². The summed E-state index contributed by atoms with van der Waals surface area (Å²) in [7, 11) is 2.09. The predicted octanol–water partition coefficient (Wildman–Crippen LogP) is 1.83. The van der Waals surface area contributed by atoms with Crippen molar-refractivity contribution in [1.82, 2.24) is 19.8 Å². The minimum absolute atomic E-state index is 0.209. The molecule has 0 atom stereocenters. The molecule has 0 aliphatic carbocycles. The summed E-state index contributed by atoms with van der Waals surface area (Å²) in [5.74, 6) is 0.209. The molecule has 1 aliphatic rings. The molecule has 0 bridgehead atoms.